The van der Waals surface area contributed by atoms with Gasteiger partial charge in [-0.15, -0.1) is 0 Å². The fraction of sp³-hybridized carbons (Fsp3) is 0.429. The zero-order valence-corrected chi connectivity index (χ0v) is 18.8. The van der Waals surface area contributed by atoms with Crippen molar-refractivity contribution in [2.24, 2.45) is 5.92 Å². The molecule has 0 saturated carbocycles. The Kier molecular flexibility index (Phi) is 6.38. The number of nitrogens with zero attached hydrogens (tertiary/aromatic N) is 4. The Morgan fingerprint density at radius 1 is 1.23 bits per heavy atom. The number of piperazine rings is 1. The zero-order valence-electron chi connectivity index (χ0n) is 17.2. The second-order valence-corrected chi connectivity index (χ2v) is 8.77. The van der Waals surface area contributed by atoms with E-state index in [1.807, 2.05) is 29.2 Å². The highest BCUT2D eigenvalue weighted by atomic mass is 79.9. The summed E-state index contributed by atoms with van der Waals surface area (Å²) in [7, 11) is 0. The molecule has 2 aromatic rings. The van der Waals surface area contributed by atoms with Gasteiger partial charge in [-0.3, -0.25) is 19.3 Å². The maximum atomic E-state index is 13.0. The molecule has 31 heavy (non-hydrogen) atoms. The molecule has 2 aliphatic rings. The molecule has 1 atom stereocenters. The molecule has 1 aromatic carbocycles. The maximum Gasteiger partial charge on any atom is 0.239 e. The third-order valence-electron chi connectivity index (χ3n) is 5.54. The Labute approximate surface area is 188 Å². The van der Waals surface area contributed by atoms with Crippen LogP contribution < -0.4 is 10.2 Å². The van der Waals surface area contributed by atoms with E-state index in [2.05, 4.69) is 26.4 Å². The lowest BCUT2D eigenvalue weighted by Gasteiger charge is -2.35. The smallest absolute Gasteiger partial charge is 0.239 e. The van der Waals surface area contributed by atoms with Crippen LogP contribution in [0.5, 0.6) is 0 Å². The summed E-state index contributed by atoms with van der Waals surface area (Å²) < 4.78 is 5.84. The van der Waals surface area contributed by atoms with Crippen molar-refractivity contribution < 1.29 is 18.9 Å². The van der Waals surface area contributed by atoms with E-state index < -0.39 is 0 Å². The normalized spacial score (nSPS) is 19.7. The van der Waals surface area contributed by atoms with Crippen molar-refractivity contribution in [3.63, 3.8) is 0 Å². The minimum absolute atomic E-state index is 0.00743. The first-order valence-electron chi connectivity index (χ1n) is 10.2. The van der Waals surface area contributed by atoms with E-state index >= 15 is 0 Å². The SMILES string of the molecule is Cc1cc(NC(=O)CN2CCN(C(=O)C3CC(=O)N(c4cccc(Br)c4)C3)CC2)no1. The van der Waals surface area contributed by atoms with Crippen LogP contribution >= 0.6 is 15.9 Å². The number of carbonyl (C=O) groups excluding carboxylic acids is 3. The van der Waals surface area contributed by atoms with E-state index in [0.29, 0.717) is 44.3 Å². The minimum atomic E-state index is -0.336. The molecule has 0 radical (unpaired) electrons. The van der Waals surface area contributed by atoms with Gasteiger partial charge in [-0.1, -0.05) is 27.2 Å². The molecular weight excluding hydrogens is 466 g/mol. The number of nitrogens with one attached hydrogen (secondary N) is 1. The van der Waals surface area contributed by atoms with Crippen LogP contribution in [0.1, 0.15) is 12.2 Å². The van der Waals surface area contributed by atoms with Gasteiger partial charge >= 0.3 is 0 Å². The van der Waals surface area contributed by atoms with Crippen LogP contribution in [0.2, 0.25) is 0 Å². The quantitative estimate of drug-likeness (QED) is 0.688. The summed E-state index contributed by atoms with van der Waals surface area (Å²) in [5.41, 5.74) is 0.799. The van der Waals surface area contributed by atoms with Gasteiger partial charge in [0, 0.05) is 55.4 Å². The molecule has 1 unspecified atom stereocenters. The summed E-state index contributed by atoms with van der Waals surface area (Å²) in [4.78, 5) is 43.1. The van der Waals surface area contributed by atoms with Gasteiger partial charge in [-0.05, 0) is 25.1 Å². The number of amides is 3. The third kappa shape index (κ3) is 5.13. The molecule has 1 N–H and O–H groups in total. The maximum absolute atomic E-state index is 13.0. The topological polar surface area (TPSA) is 99.0 Å². The molecule has 3 amide bonds. The van der Waals surface area contributed by atoms with Crippen molar-refractivity contribution in [2.75, 3.05) is 49.5 Å². The minimum Gasteiger partial charge on any atom is -0.360 e. The van der Waals surface area contributed by atoms with Gasteiger partial charge in [0.2, 0.25) is 17.7 Å². The average Bonchev–Trinajstić information content (AvgIpc) is 3.33. The first-order chi connectivity index (χ1) is 14.9. The molecule has 2 fully saturated rings. The zero-order chi connectivity index (χ0) is 22.0. The van der Waals surface area contributed by atoms with E-state index in [9.17, 15) is 14.4 Å². The van der Waals surface area contributed by atoms with Crippen molar-refractivity contribution in [1.29, 1.82) is 0 Å². The summed E-state index contributed by atoms with van der Waals surface area (Å²) in [6, 6.07) is 9.20. The Morgan fingerprint density at radius 2 is 2.00 bits per heavy atom. The van der Waals surface area contributed by atoms with E-state index in [4.69, 9.17) is 4.52 Å². The molecular formula is C21H24BrN5O4. The van der Waals surface area contributed by atoms with Gasteiger partial charge in [0.25, 0.3) is 0 Å². The van der Waals surface area contributed by atoms with Gasteiger partial charge in [0.15, 0.2) is 5.82 Å². The van der Waals surface area contributed by atoms with Crippen LogP contribution in [0.25, 0.3) is 0 Å². The van der Waals surface area contributed by atoms with Gasteiger partial charge in [0.1, 0.15) is 5.76 Å². The largest absolute Gasteiger partial charge is 0.360 e. The summed E-state index contributed by atoms with van der Waals surface area (Å²) in [6.07, 6.45) is 0.227. The Hall–Kier alpha value is -2.72. The summed E-state index contributed by atoms with van der Waals surface area (Å²) >= 11 is 3.42. The summed E-state index contributed by atoms with van der Waals surface area (Å²) in [5, 5.41) is 6.46. The van der Waals surface area contributed by atoms with Crippen LogP contribution in [0.15, 0.2) is 39.3 Å². The molecule has 4 rings (SSSR count). The highest BCUT2D eigenvalue weighted by Gasteiger charge is 2.38. The Balaban J connectivity index is 1.26. The van der Waals surface area contributed by atoms with Crippen LogP contribution in [0, 0.1) is 12.8 Å². The van der Waals surface area contributed by atoms with Crippen LogP contribution in [0.4, 0.5) is 11.5 Å². The highest BCUT2D eigenvalue weighted by Crippen LogP contribution is 2.28. The molecule has 2 aliphatic heterocycles. The molecule has 2 saturated heterocycles. The number of rotatable bonds is 5. The molecule has 0 spiro atoms. The van der Waals surface area contributed by atoms with Crippen LogP contribution in [-0.2, 0) is 14.4 Å². The molecule has 9 nitrogen and oxygen atoms in total. The second-order valence-electron chi connectivity index (χ2n) is 7.86. The van der Waals surface area contributed by atoms with E-state index in [-0.39, 0.29) is 36.6 Å². The molecule has 164 valence electrons. The predicted molar refractivity (Wildman–Crippen MR) is 117 cm³/mol. The molecule has 0 aliphatic carbocycles. The van der Waals surface area contributed by atoms with E-state index in [0.717, 1.165) is 10.2 Å². The van der Waals surface area contributed by atoms with Crippen molar-refractivity contribution in [3.05, 3.63) is 40.6 Å². The van der Waals surface area contributed by atoms with Crippen molar-refractivity contribution in [3.8, 4) is 0 Å². The van der Waals surface area contributed by atoms with Crippen molar-refractivity contribution in [2.45, 2.75) is 13.3 Å². The number of aryl methyl sites for hydroxylation is 1. The number of benzene rings is 1. The number of carbonyl (C=O) groups is 3. The fourth-order valence-electron chi connectivity index (χ4n) is 3.96. The fourth-order valence-corrected chi connectivity index (χ4v) is 4.35. The number of hydrogen-bond donors (Lipinski definition) is 1. The van der Waals surface area contributed by atoms with Crippen molar-refractivity contribution >= 4 is 45.2 Å². The first-order valence-corrected chi connectivity index (χ1v) is 11.0. The van der Waals surface area contributed by atoms with Gasteiger partial charge in [-0.2, -0.15) is 0 Å². The molecule has 3 heterocycles. The lowest BCUT2D eigenvalue weighted by Crippen LogP contribution is -2.52. The Bertz CT molecular complexity index is 986. The first kappa shape index (κ1) is 21.5. The molecule has 10 heteroatoms. The number of hydrogen-bond acceptors (Lipinski definition) is 6. The van der Waals surface area contributed by atoms with E-state index in [1.165, 1.54) is 0 Å². The highest BCUT2D eigenvalue weighted by molar-refractivity contribution is 9.10. The van der Waals surface area contributed by atoms with Gasteiger partial charge in [-0.25, -0.2) is 0 Å². The monoisotopic (exact) mass is 489 g/mol. The lowest BCUT2D eigenvalue weighted by atomic mass is 10.1. The van der Waals surface area contributed by atoms with Crippen molar-refractivity contribution in [1.82, 2.24) is 15.0 Å². The predicted octanol–water partition coefficient (Wildman–Crippen LogP) is 1.88. The van der Waals surface area contributed by atoms with Gasteiger partial charge in [0.05, 0.1) is 12.5 Å². The van der Waals surface area contributed by atoms with Crippen LogP contribution in [-0.4, -0.2) is 71.9 Å². The lowest BCUT2D eigenvalue weighted by molar-refractivity contribution is -0.137. The summed E-state index contributed by atoms with van der Waals surface area (Å²) in [5.74, 6) is 0.502. The molecule has 0 bridgehead atoms. The van der Waals surface area contributed by atoms with Gasteiger partial charge < -0.3 is 19.6 Å². The second kappa shape index (κ2) is 9.19. The number of halogens is 1. The van der Waals surface area contributed by atoms with E-state index in [1.54, 1.807) is 22.8 Å². The summed E-state index contributed by atoms with van der Waals surface area (Å²) in [6.45, 7) is 4.67. The standard InChI is InChI=1S/C21H24BrN5O4/c1-14-9-18(24-31-14)23-19(28)13-25-5-7-26(8-6-25)21(30)15-10-20(29)27(12-15)17-4-2-3-16(22)11-17/h2-4,9,11,15H,5-8,10,12-13H2,1H3,(H,23,24,28). The molecule has 1 aromatic heterocycles. The third-order valence-corrected chi connectivity index (χ3v) is 6.03. The Morgan fingerprint density at radius 3 is 2.68 bits per heavy atom. The number of anilines is 2. The van der Waals surface area contributed by atoms with Crippen LogP contribution in [0.3, 0.4) is 0 Å². The number of aromatic nitrogens is 1. The average molecular weight is 490 g/mol.